The monoisotopic (exact) mass is 443 g/mol. The summed E-state index contributed by atoms with van der Waals surface area (Å²) in [5, 5.41) is 16.4. The molecule has 2 aromatic carbocycles. The van der Waals surface area contributed by atoms with E-state index in [0.717, 1.165) is 22.0 Å². The van der Waals surface area contributed by atoms with Gasteiger partial charge in [0.25, 0.3) is 5.91 Å². The molecule has 1 amide bonds. The summed E-state index contributed by atoms with van der Waals surface area (Å²) in [6.45, 7) is 0. The van der Waals surface area contributed by atoms with Crippen molar-refractivity contribution in [3.8, 4) is 22.5 Å². The van der Waals surface area contributed by atoms with Gasteiger partial charge in [-0.3, -0.25) is 4.79 Å². The lowest BCUT2D eigenvalue weighted by molar-refractivity contribution is -0.254. The topological polar surface area (TPSA) is 88.6 Å². The summed E-state index contributed by atoms with van der Waals surface area (Å²) in [6, 6.07) is 16.2. The van der Waals surface area contributed by atoms with Gasteiger partial charge in [0.15, 0.2) is 0 Å². The number of fused-ring (bicyclic) bond motifs is 2. The van der Waals surface area contributed by atoms with E-state index >= 15 is 0 Å². The van der Waals surface area contributed by atoms with Gasteiger partial charge >= 0.3 is 0 Å². The fourth-order valence-corrected chi connectivity index (χ4v) is 3.93. The van der Waals surface area contributed by atoms with Crippen molar-refractivity contribution in [2.75, 3.05) is 40.1 Å². The first kappa shape index (κ1) is 22.1. The summed E-state index contributed by atoms with van der Waals surface area (Å²) < 4.78 is 8.26. The molecule has 0 bridgehead atoms. The van der Waals surface area contributed by atoms with Gasteiger partial charge in [0.2, 0.25) is 5.36 Å². The molecular weight excluding hydrogens is 418 g/mol. The number of hydrogen-bond acceptors (Lipinski definition) is 5. The molecule has 1 heterocycles. The molecule has 1 N–H and O–H groups in total. The summed E-state index contributed by atoms with van der Waals surface area (Å²) in [5.74, 6) is -1.10. The third kappa shape index (κ3) is 3.93. The van der Waals surface area contributed by atoms with E-state index in [2.05, 4.69) is 5.32 Å². The van der Waals surface area contributed by atoms with Crippen molar-refractivity contribution in [1.82, 2.24) is 9.89 Å². The van der Waals surface area contributed by atoms with Crippen LogP contribution < -0.4 is 25.3 Å². The molecule has 0 aromatic heterocycles. The van der Waals surface area contributed by atoms with Crippen LogP contribution in [0.5, 0.6) is 0 Å². The normalized spacial score (nSPS) is 10.9. The van der Waals surface area contributed by atoms with Crippen LogP contribution in [0.1, 0.15) is 20.7 Å². The molecule has 7 nitrogen and oxygen atoms in total. The van der Waals surface area contributed by atoms with Gasteiger partial charge in [-0.1, -0.05) is 6.07 Å². The average Bonchev–Trinajstić information content (AvgIpc) is 2.80. The van der Waals surface area contributed by atoms with Crippen molar-refractivity contribution in [3.05, 3.63) is 71.1 Å². The first-order valence-corrected chi connectivity index (χ1v) is 10.5. The van der Waals surface area contributed by atoms with Crippen molar-refractivity contribution < 1.29 is 19.1 Å². The molecule has 0 unspecified atom stereocenters. The molecule has 0 radical (unpaired) electrons. The van der Waals surface area contributed by atoms with Gasteiger partial charge in [0, 0.05) is 66.6 Å². The van der Waals surface area contributed by atoms with Crippen LogP contribution in [0.25, 0.3) is 33.4 Å². The maximum Gasteiger partial charge on any atom is 0.251 e. The maximum absolute atomic E-state index is 12.1. The predicted molar refractivity (Wildman–Crippen MR) is 127 cm³/mol. The number of rotatable bonds is 4. The standard InChI is InChI=1S/C26H25N3O4/c1-27-25(30)15-6-9-18(21(12-15)26(31)32)24-19-10-7-16(28(2)3)13-22(19)33-23-14-17(29(4)5)8-11-20(23)24/h6-14H,1-5H3,(H-,27,30,31,32). The van der Waals surface area contributed by atoms with E-state index < -0.39 is 5.97 Å². The Hall–Kier alpha value is -4.13. The molecule has 7 heteroatoms. The quantitative estimate of drug-likeness (QED) is 0.385. The Kier molecular flexibility index (Phi) is 5.64. The maximum atomic E-state index is 12.1. The number of amides is 1. The molecule has 0 spiro atoms. The summed E-state index contributed by atoms with van der Waals surface area (Å²) in [7, 11) is 9.27. The summed E-state index contributed by atoms with van der Waals surface area (Å²) in [4.78, 5) is 26.2. The Balaban J connectivity index is 2.14. The minimum Gasteiger partial charge on any atom is -0.545 e. The molecule has 1 aliphatic carbocycles. The molecule has 0 atom stereocenters. The van der Waals surface area contributed by atoms with Gasteiger partial charge in [-0.15, -0.1) is 0 Å². The predicted octanol–water partition coefficient (Wildman–Crippen LogP) is 2.03. The first-order chi connectivity index (χ1) is 15.7. The van der Waals surface area contributed by atoms with Crippen LogP contribution in [0.2, 0.25) is 0 Å². The van der Waals surface area contributed by atoms with E-state index in [1.807, 2.05) is 74.1 Å². The van der Waals surface area contributed by atoms with Gasteiger partial charge in [-0.05, 0) is 35.9 Å². The largest absolute Gasteiger partial charge is 0.545 e. The second-order valence-electron chi connectivity index (χ2n) is 8.25. The highest BCUT2D eigenvalue weighted by atomic mass is 16.4. The van der Waals surface area contributed by atoms with E-state index in [-0.39, 0.29) is 17.0 Å². The number of hydrogen-bond donors (Lipinski definition) is 1. The van der Waals surface area contributed by atoms with Gasteiger partial charge < -0.3 is 24.5 Å². The lowest BCUT2D eigenvalue weighted by Gasteiger charge is -2.20. The van der Waals surface area contributed by atoms with Crippen LogP contribution >= 0.6 is 0 Å². The third-order valence-corrected chi connectivity index (χ3v) is 5.72. The number of carboxylic acid groups (broad SMARTS) is 1. The Morgan fingerprint density at radius 1 is 0.970 bits per heavy atom. The van der Waals surface area contributed by atoms with E-state index in [1.165, 1.54) is 13.1 Å². The Morgan fingerprint density at radius 2 is 1.70 bits per heavy atom. The van der Waals surface area contributed by atoms with Crippen molar-refractivity contribution in [2.45, 2.75) is 0 Å². The highest BCUT2D eigenvalue weighted by Crippen LogP contribution is 2.42. The highest BCUT2D eigenvalue weighted by Gasteiger charge is 2.21. The zero-order valence-corrected chi connectivity index (χ0v) is 19.2. The average molecular weight is 444 g/mol. The molecule has 0 saturated carbocycles. The number of anilines is 1. The lowest BCUT2D eigenvalue weighted by Crippen LogP contribution is -2.25. The zero-order chi connectivity index (χ0) is 23.9. The van der Waals surface area contributed by atoms with Crippen molar-refractivity contribution in [3.63, 3.8) is 0 Å². The number of benzene rings is 3. The lowest BCUT2D eigenvalue weighted by atomic mass is 9.89. The molecule has 168 valence electrons. The Labute approximate surface area is 191 Å². The smallest absolute Gasteiger partial charge is 0.251 e. The molecule has 1 aliphatic heterocycles. The molecular formula is C26H25N3O4. The number of carbonyl (C=O) groups is 2. The van der Waals surface area contributed by atoms with E-state index in [4.69, 9.17) is 4.42 Å². The summed E-state index contributed by atoms with van der Waals surface area (Å²) in [6.07, 6.45) is 0. The number of aromatic carboxylic acids is 1. The molecule has 2 aliphatic rings. The third-order valence-electron chi connectivity index (χ3n) is 5.72. The second-order valence-corrected chi connectivity index (χ2v) is 8.25. The Morgan fingerprint density at radius 3 is 2.33 bits per heavy atom. The van der Waals surface area contributed by atoms with Crippen LogP contribution in [0.3, 0.4) is 0 Å². The van der Waals surface area contributed by atoms with Crippen molar-refractivity contribution in [2.24, 2.45) is 0 Å². The van der Waals surface area contributed by atoms with Crippen molar-refractivity contribution in [1.29, 1.82) is 0 Å². The second kappa shape index (κ2) is 8.43. The van der Waals surface area contributed by atoms with Crippen LogP contribution in [0.15, 0.2) is 59.0 Å². The van der Waals surface area contributed by atoms with Gasteiger partial charge in [0.1, 0.15) is 25.4 Å². The zero-order valence-electron chi connectivity index (χ0n) is 19.2. The molecule has 0 fully saturated rings. The number of nitrogens with zero attached hydrogens (tertiary/aromatic N) is 2. The summed E-state index contributed by atoms with van der Waals surface area (Å²) >= 11 is 0. The number of nitrogens with one attached hydrogen (secondary N) is 1. The summed E-state index contributed by atoms with van der Waals surface area (Å²) in [5.41, 5.74) is 3.71. The Bertz CT molecular complexity index is 1450. The van der Waals surface area contributed by atoms with Crippen LogP contribution in [0.4, 0.5) is 5.69 Å². The molecule has 33 heavy (non-hydrogen) atoms. The van der Waals surface area contributed by atoms with Crippen LogP contribution in [-0.2, 0) is 0 Å². The molecule has 2 aromatic rings. The van der Waals surface area contributed by atoms with Gasteiger partial charge in [-0.2, -0.15) is 0 Å². The van der Waals surface area contributed by atoms with Gasteiger partial charge in [0.05, 0.1) is 12.0 Å². The minimum absolute atomic E-state index is 0.0572. The number of carboxylic acids is 1. The number of carbonyl (C=O) groups excluding carboxylic acids is 2. The van der Waals surface area contributed by atoms with E-state index in [0.29, 0.717) is 22.5 Å². The molecule has 4 rings (SSSR count). The van der Waals surface area contributed by atoms with E-state index in [1.54, 1.807) is 12.1 Å². The highest BCUT2D eigenvalue weighted by molar-refractivity contribution is 6.08. The fourth-order valence-electron chi connectivity index (χ4n) is 3.93. The van der Waals surface area contributed by atoms with E-state index in [9.17, 15) is 14.7 Å². The minimum atomic E-state index is -1.35. The first-order valence-electron chi connectivity index (χ1n) is 10.5. The molecule has 0 saturated heterocycles. The van der Waals surface area contributed by atoms with Crippen LogP contribution in [0, 0.1) is 0 Å². The van der Waals surface area contributed by atoms with Gasteiger partial charge in [-0.25, -0.2) is 4.58 Å². The fraction of sp³-hybridized carbons (Fsp3) is 0.192. The SMILES string of the molecule is CNC(=O)c1ccc(-c2c3ccc(=[N+](C)C)cc-3oc3cc(N(C)C)ccc23)c(C(=O)[O-])c1. The van der Waals surface area contributed by atoms with Crippen molar-refractivity contribution >= 4 is 28.5 Å². The van der Waals surface area contributed by atoms with Crippen LogP contribution in [-0.4, -0.2) is 47.1 Å².